The van der Waals surface area contributed by atoms with Gasteiger partial charge in [0.1, 0.15) is 0 Å². The highest BCUT2D eigenvalue weighted by Crippen LogP contribution is 2.26. The van der Waals surface area contributed by atoms with Crippen LogP contribution in [0, 0.1) is 0 Å². The lowest BCUT2D eigenvalue weighted by molar-refractivity contribution is -0.0893. The first-order chi connectivity index (χ1) is 12.8. The molecular formula is C24H26BO2. The first-order valence-electron chi connectivity index (χ1n) is 9.26. The molecule has 1 radical (unpaired) electrons. The van der Waals surface area contributed by atoms with Crippen LogP contribution in [0.25, 0.3) is 22.3 Å². The van der Waals surface area contributed by atoms with Crippen LogP contribution in [0.3, 0.4) is 0 Å². The Balaban J connectivity index is 1.82. The Hall–Kier alpha value is -2.36. The molecule has 0 aromatic heterocycles. The largest absolute Gasteiger partial charge is 0.427 e. The van der Waals surface area contributed by atoms with Crippen molar-refractivity contribution in [2.24, 2.45) is 0 Å². The number of benzene rings is 3. The minimum atomic E-state index is -0.939. The highest BCUT2D eigenvalue weighted by molar-refractivity contribution is 6.47. The van der Waals surface area contributed by atoms with Crippen LogP contribution in [0.5, 0.6) is 0 Å². The Kier molecular flexibility index (Phi) is 5.55. The summed E-state index contributed by atoms with van der Waals surface area (Å²) in [5.74, 6) is 0. The summed E-state index contributed by atoms with van der Waals surface area (Å²) in [5, 5.41) is 10.2. The molecule has 3 aromatic carbocycles. The molecule has 0 amide bonds. The molecule has 0 aliphatic rings. The van der Waals surface area contributed by atoms with Crippen LogP contribution in [0.2, 0.25) is 0 Å². The zero-order chi connectivity index (χ0) is 19.5. The van der Waals surface area contributed by atoms with Crippen LogP contribution < -0.4 is 5.46 Å². The van der Waals surface area contributed by atoms with E-state index in [1.54, 1.807) is 21.3 Å². The quantitative estimate of drug-likeness (QED) is 0.640. The average molecular weight is 357 g/mol. The number of hydrogen-bond acceptors (Lipinski definition) is 2. The zero-order valence-corrected chi connectivity index (χ0v) is 16.4. The third-order valence-corrected chi connectivity index (χ3v) is 5.15. The molecule has 0 saturated carbocycles. The van der Waals surface area contributed by atoms with E-state index >= 15 is 0 Å². The van der Waals surface area contributed by atoms with Gasteiger partial charge in [0, 0.05) is 0 Å². The molecule has 2 nitrogen and oxygen atoms in total. The maximum atomic E-state index is 10.2. The van der Waals surface area contributed by atoms with Crippen LogP contribution in [-0.4, -0.2) is 23.8 Å². The summed E-state index contributed by atoms with van der Waals surface area (Å²) in [4.78, 5) is 0. The first kappa shape index (κ1) is 19.4. The van der Waals surface area contributed by atoms with Crippen molar-refractivity contribution in [1.82, 2.24) is 0 Å². The van der Waals surface area contributed by atoms with Crippen LogP contribution in [0.15, 0.2) is 78.9 Å². The number of aliphatic hydroxyl groups is 1. The Morgan fingerprint density at radius 3 is 1.81 bits per heavy atom. The molecule has 1 N–H and O–H groups in total. The van der Waals surface area contributed by atoms with Gasteiger partial charge >= 0.3 is 7.48 Å². The lowest BCUT2D eigenvalue weighted by Gasteiger charge is -2.37. The summed E-state index contributed by atoms with van der Waals surface area (Å²) in [5.41, 5.74) is 4.04. The summed E-state index contributed by atoms with van der Waals surface area (Å²) in [6.45, 7) is 7.28. The van der Waals surface area contributed by atoms with E-state index in [1.807, 2.05) is 32.0 Å². The average Bonchev–Trinajstić information content (AvgIpc) is 2.67. The molecule has 0 aliphatic heterocycles. The van der Waals surface area contributed by atoms with Gasteiger partial charge in [0.05, 0.1) is 11.2 Å². The molecule has 0 heterocycles. The van der Waals surface area contributed by atoms with Crippen molar-refractivity contribution in [3.63, 3.8) is 0 Å². The SMILES string of the molecule is CC(C)(O)C(C)(C)O[B]c1cccc(-c2cccc(-c3ccccc3)c2)c1. The number of rotatable bonds is 6. The standard InChI is InChI=1S/C24H26BO2/c1-23(2,26)24(3,4)27-25-22-15-9-14-21(17-22)20-13-8-12-19(16-20)18-10-6-5-7-11-18/h5-17,26H,1-4H3. The van der Waals surface area contributed by atoms with E-state index in [4.69, 9.17) is 4.65 Å². The minimum Gasteiger partial charge on any atom is -0.427 e. The maximum absolute atomic E-state index is 10.2. The molecular weight excluding hydrogens is 331 g/mol. The van der Waals surface area contributed by atoms with Gasteiger partial charge in [-0.25, -0.2) is 0 Å². The molecule has 0 unspecified atom stereocenters. The van der Waals surface area contributed by atoms with Crippen molar-refractivity contribution < 1.29 is 9.76 Å². The Labute approximate surface area is 163 Å². The predicted molar refractivity (Wildman–Crippen MR) is 114 cm³/mol. The Bertz CT molecular complexity index is 896. The highest BCUT2D eigenvalue weighted by Gasteiger charge is 2.35. The van der Waals surface area contributed by atoms with Crippen molar-refractivity contribution in [2.45, 2.75) is 38.9 Å². The van der Waals surface area contributed by atoms with E-state index in [0.29, 0.717) is 0 Å². The van der Waals surface area contributed by atoms with Gasteiger partial charge in [0.2, 0.25) is 0 Å². The zero-order valence-electron chi connectivity index (χ0n) is 16.4. The van der Waals surface area contributed by atoms with Crippen LogP contribution in [-0.2, 0) is 4.65 Å². The molecule has 3 rings (SSSR count). The van der Waals surface area contributed by atoms with Crippen molar-refractivity contribution in [2.75, 3.05) is 0 Å². The van der Waals surface area contributed by atoms with Crippen LogP contribution >= 0.6 is 0 Å². The van der Waals surface area contributed by atoms with Crippen molar-refractivity contribution in [3.05, 3.63) is 78.9 Å². The first-order valence-corrected chi connectivity index (χ1v) is 9.26. The van der Waals surface area contributed by atoms with E-state index in [1.165, 1.54) is 11.1 Å². The molecule has 0 spiro atoms. The number of hydrogen-bond donors (Lipinski definition) is 1. The smallest absolute Gasteiger partial charge is 0.330 e. The summed E-state index contributed by atoms with van der Waals surface area (Å²) in [6.07, 6.45) is 0. The molecule has 0 bridgehead atoms. The van der Waals surface area contributed by atoms with Gasteiger partial charge in [-0.05, 0) is 56.0 Å². The second-order valence-corrected chi connectivity index (χ2v) is 7.88. The van der Waals surface area contributed by atoms with E-state index in [9.17, 15) is 5.11 Å². The van der Waals surface area contributed by atoms with Gasteiger partial charge < -0.3 is 9.76 Å². The van der Waals surface area contributed by atoms with Gasteiger partial charge in [-0.2, -0.15) is 0 Å². The molecule has 3 aromatic rings. The monoisotopic (exact) mass is 357 g/mol. The second kappa shape index (κ2) is 7.71. The van der Waals surface area contributed by atoms with Crippen molar-refractivity contribution in [3.8, 4) is 22.3 Å². The molecule has 27 heavy (non-hydrogen) atoms. The van der Waals surface area contributed by atoms with Crippen LogP contribution in [0.4, 0.5) is 0 Å². The Morgan fingerprint density at radius 2 is 1.19 bits per heavy atom. The summed E-state index contributed by atoms with van der Waals surface area (Å²) in [6, 6.07) is 27.1. The minimum absolute atomic E-state index is 0.684. The van der Waals surface area contributed by atoms with Gasteiger partial charge in [-0.15, -0.1) is 0 Å². The Morgan fingerprint density at radius 1 is 0.667 bits per heavy atom. The third-order valence-electron chi connectivity index (χ3n) is 5.15. The summed E-state index contributed by atoms with van der Waals surface area (Å²) < 4.78 is 5.89. The highest BCUT2D eigenvalue weighted by atomic mass is 16.5. The van der Waals surface area contributed by atoms with Gasteiger partial charge in [0.25, 0.3) is 0 Å². The molecule has 3 heteroatoms. The molecule has 0 aliphatic carbocycles. The molecule has 137 valence electrons. The topological polar surface area (TPSA) is 29.5 Å². The molecule has 0 saturated heterocycles. The third kappa shape index (κ3) is 4.68. The maximum Gasteiger partial charge on any atom is 0.330 e. The normalized spacial score (nSPS) is 12.0. The lowest BCUT2D eigenvalue weighted by Crippen LogP contribution is -2.49. The van der Waals surface area contributed by atoms with Crippen molar-refractivity contribution >= 4 is 12.9 Å². The fraction of sp³-hybridized carbons (Fsp3) is 0.250. The van der Waals surface area contributed by atoms with Crippen molar-refractivity contribution in [1.29, 1.82) is 0 Å². The van der Waals surface area contributed by atoms with Gasteiger partial charge in [-0.3, -0.25) is 0 Å². The van der Waals surface area contributed by atoms with Crippen LogP contribution in [0.1, 0.15) is 27.7 Å². The summed E-state index contributed by atoms with van der Waals surface area (Å²) in [7, 11) is 1.72. The van der Waals surface area contributed by atoms with Gasteiger partial charge in [-0.1, -0.05) is 78.3 Å². The fourth-order valence-corrected chi connectivity index (χ4v) is 2.66. The van der Waals surface area contributed by atoms with E-state index < -0.39 is 11.2 Å². The predicted octanol–water partition coefficient (Wildman–Crippen LogP) is 4.83. The lowest BCUT2D eigenvalue weighted by atomic mass is 9.81. The molecule has 0 fully saturated rings. The van der Waals surface area contributed by atoms with E-state index in [2.05, 4.69) is 60.7 Å². The fourth-order valence-electron chi connectivity index (χ4n) is 2.66. The van der Waals surface area contributed by atoms with E-state index in [0.717, 1.165) is 16.6 Å². The second-order valence-electron chi connectivity index (χ2n) is 7.88. The van der Waals surface area contributed by atoms with E-state index in [-0.39, 0.29) is 0 Å². The van der Waals surface area contributed by atoms with Gasteiger partial charge in [0.15, 0.2) is 0 Å². The molecule has 0 atom stereocenters. The summed E-state index contributed by atoms with van der Waals surface area (Å²) >= 11 is 0.